The first kappa shape index (κ1) is 25.3. The number of nitro groups is 1. The first-order valence-electron chi connectivity index (χ1n) is 11.9. The van der Waals surface area contributed by atoms with Crippen LogP contribution in [0.4, 0.5) is 5.69 Å². The number of benzene rings is 3. The summed E-state index contributed by atoms with van der Waals surface area (Å²) < 4.78 is 11.9. The summed E-state index contributed by atoms with van der Waals surface area (Å²) in [5.41, 5.74) is 1.25. The molecule has 1 amide bonds. The number of halogens is 2. The highest BCUT2D eigenvalue weighted by molar-refractivity contribution is 6.32. The van der Waals surface area contributed by atoms with Crippen LogP contribution in [0.5, 0.6) is 11.5 Å². The SMILES string of the molecule is CCOc1cc([C@@H]2CN(C)[C@@]3(C(=O)Nc4ccccc43)[C@H]2[N+](=O)[O-])cc(Cl)c1OCc1ccc(Cl)cc1. The number of para-hydroxylation sites is 1. The number of nitrogens with zero attached hydrogens (tertiary/aromatic N) is 2. The first-order valence-corrected chi connectivity index (χ1v) is 12.6. The molecule has 192 valence electrons. The highest BCUT2D eigenvalue weighted by Crippen LogP contribution is 2.53. The van der Waals surface area contributed by atoms with Crippen molar-refractivity contribution in [2.75, 3.05) is 25.5 Å². The van der Waals surface area contributed by atoms with Crippen molar-refractivity contribution in [2.45, 2.75) is 31.0 Å². The van der Waals surface area contributed by atoms with Crippen LogP contribution in [0.3, 0.4) is 0 Å². The number of likely N-dealkylation sites (tertiary alicyclic amines) is 1. The zero-order valence-electron chi connectivity index (χ0n) is 20.2. The zero-order chi connectivity index (χ0) is 26.3. The highest BCUT2D eigenvalue weighted by Gasteiger charge is 2.68. The van der Waals surface area contributed by atoms with Gasteiger partial charge in [0.2, 0.25) is 0 Å². The van der Waals surface area contributed by atoms with Crippen molar-refractivity contribution in [3.05, 3.63) is 97.5 Å². The molecule has 2 aliphatic heterocycles. The van der Waals surface area contributed by atoms with E-state index in [0.29, 0.717) is 39.9 Å². The van der Waals surface area contributed by atoms with E-state index in [9.17, 15) is 14.9 Å². The molecule has 1 N–H and O–H groups in total. The van der Waals surface area contributed by atoms with E-state index in [2.05, 4.69) is 5.32 Å². The van der Waals surface area contributed by atoms with Gasteiger partial charge in [0.25, 0.3) is 11.9 Å². The van der Waals surface area contributed by atoms with Crippen LogP contribution in [0.1, 0.15) is 29.5 Å². The Morgan fingerprint density at radius 2 is 1.86 bits per heavy atom. The number of hydrogen-bond donors (Lipinski definition) is 1. The number of fused-ring (bicyclic) bond motifs is 2. The molecule has 3 aromatic carbocycles. The second kappa shape index (κ2) is 9.85. The minimum Gasteiger partial charge on any atom is -0.490 e. The average Bonchev–Trinajstić information content (AvgIpc) is 3.34. The minimum absolute atomic E-state index is 0.236. The van der Waals surface area contributed by atoms with E-state index < -0.39 is 23.4 Å². The number of carbonyl (C=O) groups is 1. The van der Waals surface area contributed by atoms with Gasteiger partial charge in [-0.15, -0.1) is 0 Å². The molecule has 5 rings (SSSR count). The third-order valence-electron chi connectivity index (χ3n) is 7.10. The maximum absolute atomic E-state index is 13.4. The fourth-order valence-electron chi connectivity index (χ4n) is 5.52. The summed E-state index contributed by atoms with van der Waals surface area (Å²) in [6.07, 6.45) is 0. The summed E-state index contributed by atoms with van der Waals surface area (Å²) in [6.45, 7) is 2.70. The van der Waals surface area contributed by atoms with Crippen molar-refractivity contribution in [3.8, 4) is 11.5 Å². The summed E-state index contributed by atoms with van der Waals surface area (Å²) in [5.74, 6) is -0.288. The zero-order valence-corrected chi connectivity index (χ0v) is 21.8. The lowest BCUT2D eigenvalue weighted by Crippen LogP contribution is -2.54. The standard InChI is InChI=1S/C27H25Cl2N3O5/c1-3-36-23-13-17(12-21(29)24(23)37-15-16-8-10-18(28)11-9-16)19-14-31(2)27(25(19)32(34)35)20-6-4-5-7-22(20)30-26(27)33/h4-13,19,25H,3,14-15H2,1-2H3,(H,30,33)/t19-,25-,27+/m0/s1. The fourth-order valence-corrected chi connectivity index (χ4v) is 5.92. The van der Waals surface area contributed by atoms with Crippen LogP contribution in [-0.2, 0) is 16.9 Å². The van der Waals surface area contributed by atoms with Crippen LogP contribution in [-0.4, -0.2) is 42.0 Å². The van der Waals surface area contributed by atoms with Gasteiger partial charge in [-0.05, 0) is 55.4 Å². The molecule has 1 fully saturated rings. The molecule has 0 unspecified atom stereocenters. The van der Waals surface area contributed by atoms with E-state index in [1.165, 1.54) is 0 Å². The molecule has 2 aliphatic rings. The van der Waals surface area contributed by atoms with E-state index >= 15 is 0 Å². The number of ether oxygens (including phenoxy) is 2. The molecule has 3 aromatic rings. The first-order chi connectivity index (χ1) is 17.8. The monoisotopic (exact) mass is 541 g/mol. The van der Waals surface area contributed by atoms with Gasteiger partial charge in [0.15, 0.2) is 17.0 Å². The van der Waals surface area contributed by atoms with Crippen molar-refractivity contribution < 1.29 is 19.2 Å². The van der Waals surface area contributed by atoms with Crippen molar-refractivity contribution in [2.24, 2.45) is 0 Å². The maximum atomic E-state index is 13.4. The molecule has 0 saturated carbocycles. The van der Waals surface area contributed by atoms with Gasteiger partial charge in [-0.25, -0.2) is 0 Å². The lowest BCUT2D eigenvalue weighted by Gasteiger charge is -2.30. The molecule has 37 heavy (non-hydrogen) atoms. The predicted molar refractivity (Wildman–Crippen MR) is 141 cm³/mol. The van der Waals surface area contributed by atoms with Gasteiger partial charge in [0.1, 0.15) is 6.61 Å². The second-order valence-corrected chi connectivity index (χ2v) is 10.0. The normalized spacial score (nSPS) is 22.6. The van der Waals surface area contributed by atoms with Crippen LogP contribution in [0.25, 0.3) is 0 Å². The van der Waals surface area contributed by atoms with E-state index in [-0.39, 0.29) is 23.1 Å². The van der Waals surface area contributed by atoms with E-state index in [4.69, 9.17) is 32.7 Å². The number of rotatable bonds is 7. The number of anilines is 1. The highest BCUT2D eigenvalue weighted by atomic mass is 35.5. The van der Waals surface area contributed by atoms with Gasteiger partial charge in [-0.2, -0.15) is 0 Å². The Bertz CT molecular complexity index is 1370. The van der Waals surface area contributed by atoms with Crippen molar-refractivity contribution >= 4 is 34.8 Å². The topological polar surface area (TPSA) is 93.9 Å². The summed E-state index contributed by atoms with van der Waals surface area (Å²) in [7, 11) is 1.74. The molecular formula is C27H25Cl2N3O5. The van der Waals surface area contributed by atoms with Crippen LogP contribution in [0.15, 0.2) is 60.7 Å². The Labute approximate surface area is 224 Å². The van der Waals surface area contributed by atoms with Crippen molar-refractivity contribution in [1.29, 1.82) is 0 Å². The number of carbonyl (C=O) groups excluding carboxylic acids is 1. The van der Waals surface area contributed by atoms with E-state index in [1.54, 1.807) is 60.5 Å². The van der Waals surface area contributed by atoms with Crippen LogP contribution in [0, 0.1) is 10.1 Å². The smallest absolute Gasteiger partial charge is 0.256 e. The summed E-state index contributed by atoms with van der Waals surface area (Å²) >= 11 is 12.6. The Morgan fingerprint density at radius 3 is 2.57 bits per heavy atom. The Balaban J connectivity index is 1.53. The predicted octanol–water partition coefficient (Wildman–Crippen LogP) is 5.49. The van der Waals surface area contributed by atoms with Crippen LogP contribution < -0.4 is 14.8 Å². The molecule has 0 radical (unpaired) electrons. The minimum atomic E-state index is -1.44. The molecule has 1 saturated heterocycles. The number of likely N-dealkylation sites (N-methyl/N-ethyl adjacent to an activating group) is 1. The molecule has 0 aromatic heterocycles. The fraction of sp³-hybridized carbons (Fsp3) is 0.296. The number of amides is 1. The Hall–Kier alpha value is -3.33. The molecule has 2 heterocycles. The van der Waals surface area contributed by atoms with Crippen LogP contribution >= 0.6 is 23.2 Å². The molecule has 10 heteroatoms. The Morgan fingerprint density at radius 1 is 1.14 bits per heavy atom. The summed E-state index contributed by atoms with van der Waals surface area (Å²) in [4.78, 5) is 27.4. The molecule has 0 aliphatic carbocycles. The molecule has 3 atom stereocenters. The van der Waals surface area contributed by atoms with E-state index in [1.807, 2.05) is 19.1 Å². The van der Waals surface area contributed by atoms with Gasteiger partial charge in [0, 0.05) is 27.7 Å². The second-order valence-electron chi connectivity index (χ2n) is 9.16. The average molecular weight is 542 g/mol. The molecule has 8 nitrogen and oxygen atoms in total. The largest absolute Gasteiger partial charge is 0.490 e. The molecular weight excluding hydrogens is 517 g/mol. The lowest BCUT2D eigenvalue weighted by atomic mass is 9.79. The van der Waals surface area contributed by atoms with Crippen molar-refractivity contribution in [1.82, 2.24) is 4.90 Å². The number of nitrogens with one attached hydrogen (secondary N) is 1. The third kappa shape index (κ3) is 4.19. The van der Waals surface area contributed by atoms with Crippen LogP contribution in [0.2, 0.25) is 10.0 Å². The number of hydrogen-bond acceptors (Lipinski definition) is 6. The summed E-state index contributed by atoms with van der Waals surface area (Å²) in [5, 5.41) is 16.3. The van der Waals surface area contributed by atoms with Gasteiger partial charge in [-0.1, -0.05) is 53.5 Å². The van der Waals surface area contributed by atoms with Gasteiger partial charge >= 0.3 is 0 Å². The van der Waals surface area contributed by atoms with Gasteiger partial charge in [-0.3, -0.25) is 19.8 Å². The van der Waals surface area contributed by atoms with E-state index in [0.717, 1.165) is 5.56 Å². The quantitative estimate of drug-likeness (QED) is 0.314. The maximum Gasteiger partial charge on any atom is 0.256 e. The Kier molecular flexibility index (Phi) is 6.74. The third-order valence-corrected chi connectivity index (χ3v) is 7.63. The van der Waals surface area contributed by atoms with Gasteiger partial charge < -0.3 is 14.8 Å². The van der Waals surface area contributed by atoms with Crippen molar-refractivity contribution in [3.63, 3.8) is 0 Å². The van der Waals surface area contributed by atoms with Gasteiger partial charge in [0.05, 0.1) is 17.5 Å². The molecule has 1 spiro atoms. The lowest BCUT2D eigenvalue weighted by molar-refractivity contribution is -0.534. The summed E-state index contributed by atoms with van der Waals surface area (Å²) in [6, 6.07) is 16.5. The molecule has 0 bridgehead atoms.